The number of H-pyrrole nitrogens is 1. The number of nitrogens with zero attached hydrogens (tertiary/aromatic N) is 4. The van der Waals surface area contributed by atoms with Crippen LogP contribution in [0.2, 0.25) is 0 Å². The van der Waals surface area contributed by atoms with Crippen molar-refractivity contribution in [3.8, 4) is 0 Å². The monoisotopic (exact) mass is 335 g/mol. The Morgan fingerprint density at radius 3 is 1.80 bits per heavy atom. The minimum absolute atomic E-state index is 0.191. The van der Waals surface area contributed by atoms with Crippen LogP contribution in [0.1, 0.15) is 20.7 Å². The second kappa shape index (κ2) is 6.96. The summed E-state index contributed by atoms with van der Waals surface area (Å²) in [6.07, 6.45) is 0. The Hall–Kier alpha value is -3.48. The summed E-state index contributed by atoms with van der Waals surface area (Å²) in [6.45, 7) is 0. The van der Waals surface area contributed by atoms with Crippen LogP contribution in [-0.4, -0.2) is 41.1 Å². The highest BCUT2D eigenvalue weighted by Crippen LogP contribution is 2.16. The number of benzene rings is 2. The number of aromatic amines is 1. The summed E-state index contributed by atoms with van der Waals surface area (Å²) >= 11 is 0. The third-order valence-corrected chi connectivity index (χ3v) is 3.73. The molecule has 7 nitrogen and oxygen atoms in total. The van der Waals surface area contributed by atoms with Gasteiger partial charge in [0.25, 0.3) is 17.8 Å². The minimum Gasteiger partial charge on any atom is -0.280 e. The van der Waals surface area contributed by atoms with Gasteiger partial charge in [-0.05, 0) is 24.3 Å². The van der Waals surface area contributed by atoms with Crippen molar-refractivity contribution in [3.05, 3.63) is 71.8 Å². The predicted octanol–water partition coefficient (Wildman–Crippen LogP) is 2.36. The van der Waals surface area contributed by atoms with E-state index in [1.807, 2.05) is 12.1 Å². The van der Waals surface area contributed by atoms with Crippen LogP contribution < -0.4 is 9.80 Å². The zero-order chi connectivity index (χ0) is 17.8. The van der Waals surface area contributed by atoms with Crippen molar-refractivity contribution in [2.75, 3.05) is 23.9 Å². The first-order valence-corrected chi connectivity index (χ1v) is 7.66. The van der Waals surface area contributed by atoms with Crippen molar-refractivity contribution < 1.29 is 9.59 Å². The van der Waals surface area contributed by atoms with Gasteiger partial charge in [0.05, 0.1) is 0 Å². The largest absolute Gasteiger partial charge is 0.280 e. The summed E-state index contributed by atoms with van der Waals surface area (Å²) < 4.78 is 0. The SMILES string of the molecule is CN(C(=O)c1ccccc1)c1n[nH]c(N(C)C(=O)c2ccccc2)n1. The van der Waals surface area contributed by atoms with E-state index in [0.29, 0.717) is 11.1 Å². The lowest BCUT2D eigenvalue weighted by Gasteiger charge is -2.14. The van der Waals surface area contributed by atoms with Crippen molar-refractivity contribution in [1.82, 2.24) is 15.2 Å². The third kappa shape index (κ3) is 3.40. The molecule has 0 aliphatic heterocycles. The lowest BCUT2D eigenvalue weighted by Crippen LogP contribution is -2.28. The smallest absolute Gasteiger partial charge is 0.260 e. The number of aromatic nitrogens is 3. The molecule has 1 heterocycles. The van der Waals surface area contributed by atoms with E-state index >= 15 is 0 Å². The van der Waals surface area contributed by atoms with Gasteiger partial charge in [0, 0.05) is 25.2 Å². The molecule has 0 saturated carbocycles. The summed E-state index contributed by atoms with van der Waals surface area (Å²) in [5.41, 5.74) is 1.07. The van der Waals surface area contributed by atoms with E-state index in [9.17, 15) is 9.59 Å². The van der Waals surface area contributed by atoms with E-state index in [1.54, 1.807) is 62.6 Å². The molecular weight excluding hydrogens is 318 g/mol. The molecule has 0 unspecified atom stereocenters. The second-order valence-corrected chi connectivity index (χ2v) is 5.42. The molecule has 1 aromatic heterocycles. The first kappa shape index (κ1) is 16.4. The molecule has 7 heteroatoms. The Balaban J connectivity index is 1.78. The number of carbonyl (C=O) groups excluding carboxylic acids is 2. The van der Waals surface area contributed by atoms with Crippen molar-refractivity contribution in [1.29, 1.82) is 0 Å². The van der Waals surface area contributed by atoms with E-state index in [4.69, 9.17) is 0 Å². The van der Waals surface area contributed by atoms with E-state index in [-0.39, 0.29) is 23.7 Å². The zero-order valence-corrected chi connectivity index (χ0v) is 13.9. The fraction of sp³-hybridized carbons (Fsp3) is 0.111. The normalized spacial score (nSPS) is 10.3. The second-order valence-electron chi connectivity index (χ2n) is 5.42. The van der Waals surface area contributed by atoms with Gasteiger partial charge in [-0.1, -0.05) is 36.4 Å². The Bertz CT molecular complexity index is 805. The molecule has 2 aromatic carbocycles. The van der Waals surface area contributed by atoms with Gasteiger partial charge in [0.15, 0.2) is 0 Å². The summed E-state index contributed by atoms with van der Waals surface area (Å²) in [6, 6.07) is 17.7. The minimum atomic E-state index is -0.233. The number of hydrogen-bond donors (Lipinski definition) is 1. The predicted molar refractivity (Wildman–Crippen MR) is 94.7 cm³/mol. The van der Waals surface area contributed by atoms with Crippen LogP contribution in [0.4, 0.5) is 11.9 Å². The topological polar surface area (TPSA) is 82.2 Å². The molecular formula is C18H17N5O2. The van der Waals surface area contributed by atoms with Gasteiger partial charge in [-0.25, -0.2) is 5.10 Å². The average molecular weight is 335 g/mol. The van der Waals surface area contributed by atoms with Gasteiger partial charge >= 0.3 is 0 Å². The van der Waals surface area contributed by atoms with E-state index in [1.165, 1.54) is 9.80 Å². The molecule has 0 radical (unpaired) electrons. The highest BCUT2D eigenvalue weighted by molar-refractivity contribution is 6.06. The van der Waals surface area contributed by atoms with E-state index in [2.05, 4.69) is 15.2 Å². The molecule has 126 valence electrons. The highest BCUT2D eigenvalue weighted by atomic mass is 16.2. The van der Waals surface area contributed by atoms with Crippen LogP contribution in [0.5, 0.6) is 0 Å². The maximum absolute atomic E-state index is 12.4. The number of carbonyl (C=O) groups is 2. The Kier molecular flexibility index (Phi) is 4.56. The number of nitrogens with one attached hydrogen (secondary N) is 1. The third-order valence-electron chi connectivity index (χ3n) is 3.73. The van der Waals surface area contributed by atoms with Crippen molar-refractivity contribution in [2.24, 2.45) is 0 Å². The zero-order valence-electron chi connectivity index (χ0n) is 13.9. The average Bonchev–Trinajstić information content (AvgIpc) is 3.17. The molecule has 0 bridgehead atoms. The summed E-state index contributed by atoms with van der Waals surface area (Å²) in [5, 5.41) is 6.73. The molecule has 1 N–H and O–H groups in total. The molecule has 0 saturated heterocycles. The van der Waals surface area contributed by atoms with Crippen LogP contribution in [0.3, 0.4) is 0 Å². The highest BCUT2D eigenvalue weighted by Gasteiger charge is 2.21. The molecule has 3 rings (SSSR count). The molecule has 0 aliphatic rings. The number of hydrogen-bond acceptors (Lipinski definition) is 4. The van der Waals surface area contributed by atoms with Crippen LogP contribution in [0.15, 0.2) is 60.7 Å². The van der Waals surface area contributed by atoms with Crippen molar-refractivity contribution >= 4 is 23.7 Å². The number of anilines is 2. The summed E-state index contributed by atoms with van der Waals surface area (Å²) in [4.78, 5) is 31.8. The van der Waals surface area contributed by atoms with Crippen molar-refractivity contribution in [2.45, 2.75) is 0 Å². The van der Waals surface area contributed by atoms with E-state index in [0.717, 1.165) is 0 Å². The summed E-state index contributed by atoms with van der Waals surface area (Å²) in [5.74, 6) is -0.00309. The van der Waals surface area contributed by atoms with Crippen LogP contribution in [0.25, 0.3) is 0 Å². The molecule has 0 fully saturated rings. The van der Waals surface area contributed by atoms with Crippen molar-refractivity contribution in [3.63, 3.8) is 0 Å². The molecule has 25 heavy (non-hydrogen) atoms. The fourth-order valence-electron chi connectivity index (χ4n) is 2.28. The quantitative estimate of drug-likeness (QED) is 0.793. The first-order chi connectivity index (χ1) is 12.1. The standard InChI is InChI=1S/C18H17N5O2/c1-22(15(24)13-9-5-3-6-10-13)17-19-18(21-20-17)23(2)16(25)14-11-7-4-8-12-14/h3-12H,1-2H3,(H,19,20,21). The lowest BCUT2D eigenvalue weighted by atomic mass is 10.2. The lowest BCUT2D eigenvalue weighted by molar-refractivity contribution is 0.0985. The maximum Gasteiger partial charge on any atom is 0.260 e. The van der Waals surface area contributed by atoms with Crippen LogP contribution >= 0.6 is 0 Å². The number of amides is 2. The molecule has 0 atom stereocenters. The first-order valence-electron chi connectivity index (χ1n) is 7.66. The van der Waals surface area contributed by atoms with Gasteiger partial charge in [0.2, 0.25) is 5.95 Å². The molecule has 0 aliphatic carbocycles. The van der Waals surface area contributed by atoms with Gasteiger partial charge in [0.1, 0.15) is 0 Å². The molecule has 2 amide bonds. The van der Waals surface area contributed by atoms with Gasteiger partial charge in [-0.3, -0.25) is 19.4 Å². The van der Waals surface area contributed by atoms with E-state index < -0.39 is 0 Å². The Morgan fingerprint density at radius 2 is 1.28 bits per heavy atom. The number of rotatable bonds is 4. The molecule has 3 aromatic rings. The fourth-order valence-corrected chi connectivity index (χ4v) is 2.28. The van der Waals surface area contributed by atoms with Gasteiger partial charge in [-0.15, -0.1) is 5.10 Å². The van der Waals surface area contributed by atoms with Crippen LogP contribution in [0, 0.1) is 0 Å². The maximum atomic E-state index is 12.4. The van der Waals surface area contributed by atoms with Gasteiger partial charge < -0.3 is 0 Å². The van der Waals surface area contributed by atoms with Crippen LogP contribution in [-0.2, 0) is 0 Å². The molecule has 0 spiro atoms. The Labute approximate surface area is 144 Å². The Morgan fingerprint density at radius 1 is 0.800 bits per heavy atom. The summed E-state index contributed by atoms with van der Waals surface area (Å²) in [7, 11) is 3.18. The van der Waals surface area contributed by atoms with Gasteiger partial charge in [-0.2, -0.15) is 4.98 Å².